The van der Waals surface area contributed by atoms with Crippen molar-refractivity contribution in [1.29, 1.82) is 5.26 Å². The van der Waals surface area contributed by atoms with Gasteiger partial charge >= 0.3 is 0 Å². The molecule has 6 heteroatoms. The molecule has 1 fully saturated rings. The topological polar surface area (TPSA) is 73.6 Å². The Morgan fingerprint density at radius 3 is 2.36 bits per heavy atom. The smallest absolute Gasteiger partial charge is 0.254 e. The molecule has 0 atom stereocenters. The molecule has 0 spiro atoms. The number of methoxy groups -OCH3 is 1. The van der Waals surface area contributed by atoms with E-state index in [9.17, 15) is 9.59 Å². The number of piperazine rings is 1. The van der Waals surface area contributed by atoms with Gasteiger partial charge < -0.3 is 14.5 Å². The summed E-state index contributed by atoms with van der Waals surface area (Å²) in [7, 11) is 1.58. The van der Waals surface area contributed by atoms with Crippen LogP contribution in [0.4, 0.5) is 0 Å². The summed E-state index contributed by atoms with van der Waals surface area (Å²) in [6.45, 7) is 2.14. The summed E-state index contributed by atoms with van der Waals surface area (Å²) in [4.78, 5) is 28.7. The van der Waals surface area contributed by atoms with Gasteiger partial charge in [0.1, 0.15) is 5.75 Å². The SMILES string of the molecule is COc1cccc(C(=O)N2CCN(C(=O)CCc3ccc(C#N)cc3)CC2)c1. The maximum atomic E-state index is 12.7. The largest absolute Gasteiger partial charge is 0.497 e. The van der Waals surface area contributed by atoms with Gasteiger partial charge in [-0.2, -0.15) is 5.26 Å². The minimum atomic E-state index is -0.0384. The molecule has 1 saturated heterocycles. The molecule has 2 aromatic carbocycles. The Hall–Kier alpha value is -3.33. The first-order valence-corrected chi connectivity index (χ1v) is 9.31. The lowest BCUT2D eigenvalue weighted by Gasteiger charge is -2.35. The van der Waals surface area contributed by atoms with Crippen molar-refractivity contribution in [2.45, 2.75) is 12.8 Å². The van der Waals surface area contributed by atoms with E-state index in [-0.39, 0.29) is 11.8 Å². The zero-order valence-electron chi connectivity index (χ0n) is 15.9. The number of benzene rings is 2. The Morgan fingerprint density at radius 2 is 1.71 bits per heavy atom. The maximum Gasteiger partial charge on any atom is 0.254 e. The van der Waals surface area contributed by atoms with Crippen LogP contribution < -0.4 is 4.74 Å². The molecule has 0 radical (unpaired) electrons. The molecule has 0 bridgehead atoms. The zero-order valence-corrected chi connectivity index (χ0v) is 15.9. The average molecular weight is 377 g/mol. The monoisotopic (exact) mass is 377 g/mol. The lowest BCUT2D eigenvalue weighted by Crippen LogP contribution is -2.50. The van der Waals surface area contributed by atoms with Gasteiger partial charge in [0.25, 0.3) is 5.91 Å². The van der Waals surface area contributed by atoms with E-state index < -0.39 is 0 Å². The van der Waals surface area contributed by atoms with Crippen molar-refractivity contribution in [3.8, 4) is 11.8 Å². The van der Waals surface area contributed by atoms with Gasteiger partial charge in [0.2, 0.25) is 5.91 Å². The number of rotatable bonds is 5. The van der Waals surface area contributed by atoms with Crippen LogP contribution in [0, 0.1) is 11.3 Å². The fraction of sp³-hybridized carbons (Fsp3) is 0.318. The highest BCUT2D eigenvalue weighted by molar-refractivity contribution is 5.94. The van der Waals surface area contributed by atoms with Crippen LogP contribution in [0.1, 0.15) is 27.9 Å². The van der Waals surface area contributed by atoms with Gasteiger partial charge in [-0.15, -0.1) is 0 Å². The number of hydrogen-bond donors (Lipinski definition) is 0. The molecule has 28 heavy (non-hydrogen) atoms. The molecular formula is C22H23N3O3. The number of amides is 2. The molecule has 1 aliphatic rings. The number of ether oxygens (including phenoxy) is 1. The molecule has 0 saturated carbocycles. The minimum absolute atomic E-state index is 0.0384. The number of nitrogens with zero attached hydrogens (tertiary/aromatic N) is 3. The molecule has 3 rings (SSSR count). The third-order valence-electron chi connectivity index (χ3n) is 4.95. The van der Waals surface area contributed by atoms with Crippen molar-refractivity contribution in [3.05, 3.63) is 65.2 Å². The van der Waals surface area contributed by atoms with Crippen LogP contribution in [0.5, 0.6) is 5.75 Å². The quantitative estimate of drug-likeness (QED) is 0.802. The molecule has 0 unspecified atom stereocenters. The summed E-state index contributed by atoms with van der Waals surface area (Å²) in [5.74, 6) is 0.712. The van der Waals surface area contributed by atoms with Crippen LogP contribution in [-0.2, 0) is 11.2 Å². The summed E-state index contributed by atoms with van der Waals surface area (Å²) in [5, 5.41) is 8.83. The summed E-state index contributed by atoms with van der Waals surface area (Å²) < 4.78 is 5.18. The highest BCUT2D eigenvalue weighted by atomic mass is 16.5. The van der Waals surface area contributed by atoms with E-state index in [1.54, 1.807) is 48.4 Å². The van der Waals surface area contributed by atoms with Crippen LogP contribution in [-0.4, -0.2) is 54.9 Å². The number of nitriles is 1. The van der Waals surface area contributed by atoms with Crippen LogP contribution in [0.2, 0.25) is 0 Å². The number of hydrogen-bond acceptors (Lipinski definition) is 4. The molecule has 1 heterocycles. The van der Waals surface area contributed by atoms with E-state index in [0.717, 1.165) is 5.56 Å². The Balaban J connectivity index is 1.49. The van der Waals surface area contributed by atoms with Crippen LogP contribution in [0.25, 0.3) is 0 Å². The fourth-order valence-electron chi connectivity index (χ4n) is 3.25. The third kappa shape index (κ3) is 4.68. The second kappa shape index (κ2) is 9.05. The van der Waals surface area contributed by atoms with Gasteiger partial charge in [-0.05, 0) is 42.3 Å². The van der Waals surface area contributed by atoms with E-state index >= 15 is 0 Å². The van der Waals surface area contributed by atoms with Crippen LogP contribution in [0.3, 0.4) is 0 Å². The minimum Gasteiger partial charge on any atom is -0.497 e. The highest BCUT2D eigenvalue weighted by Gasteiger charge is 2.24. The Labute approximate surface area is 164 Å². The molecule has 0 N–H and O–H groups in total. The van der Waals surface area contributed by atoms with Crippen molar-refractivity contribution in [2.75, 3.05) is 33.3 Å². The highest BCUT2D eigenvalue weighted by Crippen LogP contribution is 2.16. The van der Waals surface area contributed by atoms with Crippen molar-refractivity contribution in [1.82, 2.24) is 9.80 Å². The van der Waals surface area contributed by atoms with Gasteiger partial charge in [-0.3, -0.25) is 9.59 Å². The first-order chi connectivity index (χ1) is 13.6. The lowest BCUT2D eigenvalue weighted by atomic mass is 10.1. The number of aryl methyl sites for hydroxylation is 1. The molecule has 2 aromatic rings. The Morgan fingerprint density at radius 1 is 1.04 bits per heavy atom. The van der Waals surface area contributed by atoms with Gasteiger partial charge in [-0.25, -0.2) is 0 Å². The first kappa shape index (κ1) is 19.4. The summed E-state index contributed by atoms with van der Waals surface area (Å²) >= 11 is 0. The normalized spacial score (nSPS) is 13.7. The van der Waals surface area contributed by atoms with E-state index in [4.69, 9.17) is 10.00 Å². The van der Waals surface area contributed by atoms with Crippen molar-refractivity contribution >= 4 is 11.8 Å². The molecule has 2 amide bonds. The molecule has 144 valence electrons. The summed E-state index contributed by atoms with van der Waals surface area (Å²) in [6, 6.07) is 16.5. The summed E-state index contributed by atoms with van der Waals surface area (Å²) in [6.07, 6.45) is 1.07. The zero-order chi connectivity index (χ0) is 19.9. The van der Waals surface area contributed by atoms with Crippen LogP contribution in [0.15, 0.2) is 48.5 Å². The Kier molecular flexibility index (Phi) is 6.28. The third-order valence-corrected chi connectivity index (χ3v) is 4.95. The van der Waals surface area contributed by atoms with Crippen molar-refractivity contribution in [2.24, 2.45) is 0 Å². The van der Waals surface area contributed by atoms with E-state index in [1.807, 2.05) is 17.0 Å². The average Bonchev–Trinajstić information content (AvgIpc) is 2.77. The second-order valence-electron chi connectivity index (χ2n) is 6.71. The predicted molar refractivity (Wildman–Crippen MR) is 105 cm³/mol. The van der Waals surface area contributed by atoms with Crippen molar-refractivity contribution in [3.63, 3.8) is 0 Å². The molecule has 1 aliphatic heterocycles. The van der Waals surface area contributed by atoms with E-state index in [2.05, 4.69) is 6.07 Å². The second-order valence-corrected chi connectivity index (χ2v) is 6.71. The van der Waals surface area contributed by atoms with E-state index in [0.29, 0.717) is 55.9 Å². The van der Waals surface area contributed by atoms with Gasteiger partial charge in [0.05, 0.1) is 18.7 Å². The maximum absolute atomic E-state index is 12.7. The Bertz CT molecular complexity index is 879. The van der Waals surface area contributed by atoms with Gasteiger partial charge in [0, 0.05) is 38.2 Å². The number of carbonyl (C=O) groups is 2. The fourth-order valence-corrected chi connectivity index (χ4v) is 3.25. The molecule has 0 aliphatic carbocycles. The van der Waals surface area contributed by atoms with E-state index in [1.165, 1.54) is 0 Å². The summed E-state index contributed by atoms with van der Waals surface area (Å²) in [5.41, 5.74) is 2.26. The first-order valence-electron chi connectivity index (χ1n) is 9.31. The standard InChI is InChI=1S/C22H23N3O3/c1-28-20-4-2-3-19(15-20)22(27)25-13-11-24(12-14-25)21(26)10-9-17-5-7-18(16-23)8-6-17/h2-8,15H,9-14H2,1H3. The van der Waals surface area contributed by atoms with Gasteiger partial charge in [0.15, 0.2) is 0 Å². The van der Waals surface area contributed by atoms with Crippen molar-refractivity contribution < 1.29 is 14.3 Å². The van der Waals surface area contributed by atoms with Gasteiger partial charge in [-0.1, -0.05) is 18.2 Å². The number of carbonyl (C=O) groups excluding carboxylic acids is 2. The molecular weight excluding hydrogens is 354 g/mol. The lowest BCUT2D eigenvalue weighted by molar-refractivity contribution is -0.132. The predicted octanol–water partition coefficient (Wildman–Crippen LogP) is 2.48. The molecule has 6 nitrogen and oxygen atoms in total. The van der Waals surface area contributed by atoms with Crippen LogP contribution >= 0.6 is 0 Å². The molecule has 0 aromatic heterocycles.